The van der Waals surface area contributed by atoms with Gasteiger partial charge in [0.05, 0.1) is 18.7 Å². The highest BCUT2D eigenvalue weighted by Gasteiger charge is 2.26. The predicted molar refractivity (Wildman–Crippen MR) is 78.5 cm³/mol. The minimum Gasteiger partial charge on any atom is -0.495 e. The number of hydrogen-bond acceptors (Lipinski definition) is 5. The third-order valence-corrected chi connectivity index (χ3v) is 5.09. The molecule has 0 saturated carbocycles. The second-order valence-electron chi connectivity index (χ2n) is 5.18. The average molecular weight is 309 g/mol. The van der Waals surface area contributed by atoms with Gasteiger partial charge in [0.2, 0.25) is 10.0 Å². The summed E-state index contributed by atoms with van der Waals surface area (Å²) in [5.74, 6) is 0.184. The molecule has 2 N–H and O–H groups in total. The van der Waals surface area contributed by atoms with Gasteiger partial charge < -0.3 is 10.1 Å². The van der Waals surface area contributed by atoms with Crippen molar-refractivity contribution in [2.75, 3.05) is 13.7 Å². The monoisotopic (exact) mass is 309 g/mol. The molecule has 7 heteroatoms. The largest absolute Gasteiger partial charge is 0.495 e. The van der Waals surface area contributed by atoms with Gasteiger partial charge in [0.15, 0.2) is 0 Å². The summed E-state index contributed by atoms with van der Waals surface area (Å²) in [6.45, 7) is 2.82. The normalized spacial score (nSPS) is 22.5. The minimum atomic E-state index is -3.66. The quantitative estimate of drug-likeness (QED) is 0.865. The van der Waals surface area contributed by atoms with Crippen molar-refractivity contribution in [1.29, 1.82) is 5.26 Å². The van der Waals surface area contributed by atoms with E-state index in [4.69, 9.17) is 10.00 Å². The number of piperidine rings is 1. The van der Waals surface area contributed by atoms with Crippen molar-refractivity contribution in [3.05, 3.63) is 23.8 Å². The molecule has 1 heterocycles. The van der Waals surface area contributed by atoms with Crippen LogP contribution in [-0.2, 0) is 10.0 Å². The van der Waals surface area contributed by atoms with E-state index in [1.165, 1.54) is 25.3 Å². The first kappa shape index (κ1) is 15.8. The van der Waals surface area contributed by atoms with Crippen LogP contribution in [0.2, 0.25) is 0 Å². The number of benzene rings is 1. The SMILES string of the molecule is COc1cc(C#N)ccc1S(=O)(=O)NC1CCNC(C)C1. The molecule has 0 bridgehead atoms. The predicted octanol–water partition coefficient (Wildman–Crippen LogP) is 0.986. The molecule has 0 aliphatic carbocycles. The maximum Gasteiger partial charge on any atom is 0.244 e. The lowest BCUT2D eigenvalue weighted by molar-refractivity contribution is 0.360. The van der Waals surface area contributed by atoms with Crippen molar-refractivity contribution >= 4 is 10.0 Å². The highest BCUT2D eigenvalue weighted by Crippen LogP contribution is 2.25. The van der Waals surface area contributed by atoms with E-state index in [0.29, 0.717) is 5.56 Å². The molecule has 21 heavy (non-hydrogen) atoms. The molecular weight excluding hydrogens is 290 g/mol. The molecule has 1 aliphatic rings. The van der Waals surface area contributed by atoms with Crippen LogP contribution in [-0.4, -0.2) is 34.2 Å². The Morgan fingerprint density at radius 2 is 2.24 bits per heavy atom. The fraction of sp³-hybridized carbons (Fsp3) is 0.500. The Balaban J connectivity index is 2.25. The Labute approximate surface area is 125 Å². The zero-order valence-corrected chi connectivity index (χ0v) is 12.9. The molecule has 0 spiro atoms. The van der Waals surface area contributed by atoms with Gasteiger partial charge in [-0.2, -0.15) is 5.26 Å². The van der Waals surface area contributed by atoms with Gasteiger partial charge in [0.25, 0.3) is 0 Å². The molecule has 1 aliphatic heterocycles. The molecule has 0 radical (unpaired) electrons. The van der Waals surface area contributed by atoms with Crippen LogP contribution in [0.5, 0.6) is 5.75 Å². The molecule has 2 atom stereocenters. The van der Waals surface area contributed by atoms with Gasteiger partial charge in [-0.25, -0.2) is 13.1 Å². The van der Waals surface area contributed by atoms with Gasteiger partial charge >= 0.3 is 0 Å². The molecule has 6 nitrogen and oxygen atoms in total. The van der Waals surface area contributed by atoms with E-state index < -0.39 is 10.0 Å². The van der Waals surface area contributed by atoms with Crippen molar-refractivity contribution in [2.45, 2.75) is 36.7 Å². The summed E-state index contributed by atoms with van der Waals surface area (Å²) in [6, 6.07) is 6.47. The first-order valence-corrected chi connectivity index (χ1v) is 8.28. The molecule has 1 aromatic rings. The second kappa shape index (κ2) is 6.43. The summed E-state index contributed by atoms with van der Waals surface area (Å²) < 4.78 is 32.8. The van der Waals surface area contributed by atoms with Gasteiger partial charge in [-0.05, 0) is 44.5 Å². The van der Waals surface area contributed by atoms with Crippen LogP contribution in [0.15, 0.2) is 23.1 Å². The Morgan fingerprint density at radius 1 is 1.48 bits per heavy atom. The Morgan fingerprint density at radius 3 is 2.86 bits per heavy atom. The number of hydrogen-bond donors (Lipinski definition) is 2. The summed E-state index contributed by atoms with van der Waals surface area (Å²) in [5, 5.41) is 12.1. The van der Waals surface area contributed by atoms with Gasteiger partial charge in [-0.15, -0.1) is 0 Å². The molecule has 1 saturated heterocycles. The van der Waals surface area contributed by atoms with Crippen LogP contribution >= 0.6 is 0 Å². The van der Waals surface area contributed by atoms with E-state index >= 15 is 0 Å². The molecule has 2 rings (SSSR count). The molecule has 0 aromatic heterocycles. The van der Waals surface area contributed by atoms with Crippen molar-refractivity contribution in [3.63, 3.8) is 0 Å². The van der Waals surface area contributed by atoms with Crippen LogP contribution < -0.4 is 14.8 Å². The number of nitrogens with zero attached hydrogens (tertiary/aromatic N) is 1. The van der Waals surface area contributed by atoms with Crippen LogP contribution in [0.3, 0.4) is 0 Å². The summed E-state index contributed by atoms with van der Waals surface area (Å²) in [5.41, 5.74) is 0.362. The van der Waals surface area contributed by atoms with Gasteiger partial charge in [0, 0.05) is 12.1 Å². The summed E-state index contributed by atoms with van der Waals surface area (Å²) in [4.78, 5) is 0.0650. The van der Waals surface area contributed by atoms with E-state index in [9.17, 15) is 8.42 Å². The van der Waals surface area contributed by atoms with Crippen LogP contribution in [0.1, 0.15) is 25.3 Å². The first-order valence-electron chi connectivity index (χ1n) is 6.80. The van der Waals surface area contributed by atoms with Crippen LogP contribution in [0.4, 0.5) is 0 Å². The van der Waals surface area contributed by atoms with Crippen molar-refractivity contribution in [3.8, 4) is 11.8 Å². The van der Waals surface area contributed by atoms with Gasteiger partial charge in [0.1, 0.15) is 10.6 Å². The zero-order chi connectivity index (χ0) is 15.5. The number of ether oxygens (including phenoxy) is 1. The van der Waals surface area contributed by atoms with Crippen molar-refractivity contribution < 1.29 is 13.2 Å². The van der Waals surface area contributed by atoms with E-state index in [0.717, 1.165) is 19.4 Å². The molecule has 1 fully saturated rings. The summed E-state index contributed by atoms with van der Waals surface area (Å²) in [6.07, 6.45) is 1.50. The topological polar surface area (TPSA) is 91.2 Å². The second-order valence-corrected chi connectivity index (χ2v) is 6.86. The number of nitrogens with one attached hydrogen (secondary N) is 2. The van der Waals surface area contributed by atoms with E-state index in [1.54, 1.807) is 0 Å². The highest BCUT2D eigenvalue weighted by molar-refractivity contribution is 7.89. The number of nitriles is 1. The average Bonchev–Trinajstić information content (AvgIpc) is 2.46. The third-order valence-electron chi connectivity index (χ3n) is 3.53. The van der Waals surface area contributed by atoms with E-state index in [2.05, 4.69) is 10.0 Å². The van der Waals surface area contributed by atoms with Crippen molar-refractivity contribution in [2.24, 2.45) is 0 Å². The molecule has 0 amide bonds. The third kappa shape index (κ3) is 3.73. The first-order chi connectivity index (χ1) is 9.96. The van der Waals surface area contributed by atoms with E-state index in [-0.39, 0.29) is 22.7 Å². The molecular formula is C14H19N3O3S. The fourth-order valence-corrected chi connectivity index (χ4v) is 3.92. The van der Waals surface area contributed by atoms with Gasteiger partial charge in [-0.1, -0.05) is 0 Å². The zero-order valence-electron chi connectivity index (χ0n) is 12.1. The lowest BCUT2D eigenvalue weighted by Gasteiger charge is -2.28. The molecule has 1 aromatic carbocycles. The van der Waals surface area contributed by atoms with Crippen LogP contribution in [0.25, 0.3) is 0 Å². The minimum absolute atomic E-state index is 0.0650. The maximum atomic E-state index is 12.5. The number of sulfonamides is 1. The molecule has 114 valence electrons. The van der Waals surface area contributed by atoms with Gasteiger partial charge in [-0.3, -0.25) is 0 Å². The van der Waals surface area contributed by atoms with Crippen molar-refractivity contribution in [1.82, 2.24) is 10.0 Å². The smallest absolute Gasteiger partial charge is 0.244 e. The fourth-order valence-electron chi connectivity index (χ4n) is 2.48. The highest BCUT2D eigenvalue weighted by atomic mass is 32.2. The Kier molecular flexibility index (Phi) is 4.83. The van der Waals surface area contributed by atoms with E-state index in [1.807, 2.05) is 13.0 Å². The standard InChI is InChI=1S/C14H19N3O3S/c1-10-7-12(5-6-16-10)17-21(18,19)14-4-3-11(9-15)8-13(14)20-2/h3-4,8,10,12,16-17H,5-7H2,1-2H3. The number of methoxy groups -OCH3 is 1. The summed E-state index contributed by atoms with van der Waals surface area (Å²) in [7, 11) is -2.27. The Hall–Kier alpha value is -1.62. The maximum absolute atomic E-state index is 12.5. The molecule has 2 unspecified atom stereocenters. The number of rotatable bonds is 4. The Bertz CT molecular complexity index is 652. The lowest BCUT2D eigenvalue weighted by Crippen LogP contribution is -2.46. The van der Waals surface area contributed by atoms with Crippen LogP contribution in [0, 0.1) is 11.3 Å². The summed E-state index contributed by atoms with van der Waals surface area (Å²) >= 11 is 0. The lowest BCUT2D eigenvalue weighted by atomic mass is 10.0.